The zero-order valence-electron chi connectivity index (χ0n) is 29.2. The summed E-state index contributed by atoms with van der Waals surface area (Å²) in [5.41, 5.74) is 4.99. The molecule has 1 aliphatic heterocycles. The predicted octanol–water partition coefficient (Wildman–Crippen LogP) is 5.76. The average Bonchev–Trinajstić information content (AvgIpc) is 3.51. The van der Waals surface area contributed by atoms with Gasteiger partial charge in [-0.25, -0.2) is 9.67 Å². The van der Waals surface area contributed by atoms with Crippen LogP contribution in [0.5, 0.6) is 0 Å². The third-order valence-electron chi connectivity index (χ3n) is 8.46. The van der Waals surface area contributed by atoms with Gasteiger partial charge in [-0.3, -0.25) is 9.59 Å². The van der Waals surface area contributed by atoms with Crippen LogP contribution in [0.1, 0.15) is 101 Å². The molecule has 0 radical (unpaired) electrons. The number of rotatable bonds is 18. The van der Waals surface area contributed by atoms with Crippen molar-refractivity contribution in [3.05, 3.63) is 47.3 Å². The summed E-state index contributed by atoms with van der Waals surface area (Å²) in [7, 11) is 2.02. The van der Waals surface area contributed by atoms with Gasteiger partial charge in [0.25, 0.3) is 5.91 Å². The zero-order valence-corrected chi connectivity index (χ0v) is 29.2. The van der Waals surface area contributed by atoms with Gasteiger partial charge in [0.15, 0.2) is 5.65 Å². The standard InChI is InChI=1S/C34H51N7O4.C2H6/c1-4-30-28(32(38-27-16-21-45-22-17-27)29-24-36-41(5-2)33(29)39-30)23-35-34(44)25-12-14-26(15-13-25)37-31(43)11-9-7-6-8-10-18-40(3)19-20-42;1-2/h12-15,24,27,42H,4-11,16-23H2,1-3H3,(H,35,44)(H,37,43)(H,38,39);1-2H3. The number of unbranched alkanes of at least 4 members (excludes halogenated alkanes) is 4. The Morgan fingerprint density at radius 1 is 1.02 bits per heavy atom. The van der Waals surface area contributed by atoms with E-state index >= 15 is 0 Å². The Hall–Kier alpha value is -3.54. The number of carbonyl (C=O) groups excluding carboxylic acids is 2. The first-order valence-electron chi connectivity index (χ1n) is 17.6. The van der Waals surface area contributed by atoms with Gasteiger partial charge in [-0.15, -0.1) is 0 Å². The first-order chi connectivity index (χ1) is 22.9. The summed E-state index contributed by atoms with van der Waals surface area (Å²) in [4.78, 5) is 32.7. The van der Waals surface area contributed by atoms with Crippen LogP contribution >= 0.6 is 0 Å². The number of aryl methyl sites for hydroxylation is 2. The lowest BCUT2D eigenvalue weighted by atomic mass is 10.0. The second kappa shape index (κ2) is 20.6. The van der Waals surface area contributed by atoms with Crippen LogP contribution in [0.25, 0.3) is 11.0 Å². The van der Waals surface area contributed by atoms with Crippen molar-refractivity contribution in [2.24, 2.45) is 0 Å². The van der Waals surface area contributed by atoms with Crippen molar-refractivity contribution in [3.63, 3.8) is 0 Å². The molecular formula is C36H57N7O4. The normalized spacial score (nSPS) is 13.3. The van der Waals surface area contributed by atoms with Crippen LogP contribution in [0.4, 0.5) is 11.4 Å². The van der Waals surface area contributed by atoms with Crippen molar-refractivity contribution in [1.82, 2.24) is 25.0 Å². The first-order valence-corrected chi connectivity index (χ1v) is 17.6. The minimum absolute atomic E-state index is 0.0131. The van der Waals surface area contributed by atoms with Crippen LogP contribution in [0.15, 0.2) is 30.5 Å². The van der Waals surface area contributed by atoms with E-state index in [1.54, 1.807) is 24.3 Å². The molecule has 0 atom stereocenters. The highest BCUT2D eigenvalue weighted by Crippen LogP contribution is 2.31. The minimum Gasteiger partial charge on any atom is -0.395 e. The Balaban J connectivity index is 0.00000294. The van der Waals surface area contributed by atoms with E-state index in [1.807, 2.05) is 31.8 Å². The molecule has 1 saturated heterocycles. The van der Waals surface area contributed by atoms with Crippen molar-refractivity contribution < 1.29 is 19.4 Å². The number of hydrogen-bond acceptors (Lipinski definition) is 8. The topological polar surface area (TPSA) is 134 Å². The number of aliphatic hydroxyl groups is 1. The Bertz CT molecular complexity index is 1370. The summed E-state index contributed by atoms with van der Waals surface area (Å²) in [6.07, 6.45) is 10.1. The first kappa shape index (κ1) is 37.9. The van der Waals surface area contributed by atoms with Gasteiger partial charge in [-0.2, -0.15) is 5.10 Å². The van der Waals surface area contributed by atoms with Crippen LogP contribution in [-0.2, 0) is 29.0 Å². The van der Waals surface area contributed by atoms with Crippen LogP contribution in [0.2, 0.25) is 0 Å². The monoisotopic (exact) mass is 651 g/mol. The lowest BCUT2D eigenvalue weighted by molar-refractivity contribution is -0.116. The summed E-state index contributed by atoms with van der Waals surface area (Å²) >= 11 is 0. The molecule has 2 amide bonds. The summed E-state index contributed by atoms with van der Waals surface area (Å²) in [6.45, 7) is 12.6. The molecule has 0 aliphatic carbocycles. The highest BCUT2D eigenvalue weighted by atomic mass is 16.5. The fourth-order valence-electron chi connectivity index (χ4n) is 5.78. The molecule has 3 heterocycles. The number of fused-ring (bicyclic) bond motifs is 1. The molecule has 2 aromatic heterocycles. The number of carbonyl (C=O) groups is 2. The molecule has 1 fully saturated rings. The van der Waals surface area contributed by atoms with Crippen molar-refractivity contribution in [2.45, 2.75) is 105 Å². The van der Waals surface area contributed by atoms with Crippen molar-refractivity contribution in [2.75, 3.05) is 50.6 Å². The van der Waals surface area contributed by atoms with Gasteiger partial charge in [-0.05, 0) is 76.9 Å². The van der Waals surface area contributed by atoms with Crippen molar-refractivity contribution in [3.8, 4) is 0 Å². The number of nitrogens with one attached hydrogen (secondary N) is 3. The molecule has 1 aromatic carbocycles. The van der Waals surface area contributed by atoms with Gasteiger partial charge < -0.3 is 30.7 Å². The summed E-state index contributed by atoms with van der Waals surface area (Å²) in [5.74, 6) is -0.195. The van der Waals surface area contributed by atoms with E-state index in [0.29, 0.717) is 30.8 Å². The largest absolute Gasteiger partial charge is 0.395 e. The highest BCUT2D eigenvalue weighted by molar-refractivity contribution is 5.96. The van der Waals surface area contributed by atoms with Gasteiger partial charge in [0.05, 0.1) is 23.9 Å². The van der Waals surface area contributed by atoms with E-state index in [4.69, 9.17) is 14.8 Å². The molecule has 260 valence electrons. The maximum absolute atomic E-state index is 13.2. The maximum Gasteiger partial charge on any atom is 0.251 e. The van der Waals surface area contributed by atoms with E-state index in [2.05, 4.69) is 39.8 Å². The van der Waals surface area contributed by atoms with Crippen molar-refractivity contribution in [1.29, 1.82) is 0 Å². The molecule has 0 unspecified atom stereocenters. The number of nitrogens with zero attached hydrogens (tertiary/aromatic N) is 4. The Morgan fingerprint density at radius 3 is 2.40 bits per heavy atom. The summed E-state index contributed by atoms with van der Waals surface area (Å²) < 4.78 is 7.48. The quantitative estimate of drug-likeness (QED) is 0.128. The SMILES string of the molecule is CC.CCc1nc2c(cnn2CC)c(NC2CCOCC2)c1CNC(=O)c1ccc(NC(=O)CCCCCCCN(C)CCO)cc1. The number of amides is 2. The molecular weight excluding hydrogens is 594 g/mol. The number of aliphatic hydroxyl groups excluding tert-OH is 1. The van der Waals surface area contributed by atoms with Crippen LogP contribution in [0, 0.1) is 0 Å². The fourth-order valence-corrected chi connectivity index (χ4v) is 5.78. The molecule has 4 rings (SSSR count). The number of anilines is 2. The molecule has 0 saturated carbocycles. The van der Waals surface area contributed by atoms with Crippen LogP contribution in [0.3, 0.4) is 0 Å². The maximum atomic E-state index is 13.2. The van der Waals surface area contributed by atoms with E-state index < -0.39 is 0 Å². The third-order valence-corrected chi connectivity index (χ3v) is 8.46. The van der Waals surface area contributed by atoms with Gasteiger partial charge in [0.2, 0.25) is 5.91 Å². The van der Waals surface area contributed by atoms with Gasteiger partial charge in [0, 0.05) is 67.8 Å². The number of benzene rings is 1. The van der Waals surface area contributed by atoms with E-state index in [1.165, 1.54) is 0 Å². The van der Waals surface area contributed by atoms with Gasteiger partial charge in [-0.1, -0.05) is 40.0 Å². The summed E-state index contributed by atoms with van der Waals surface area (Å²) in [6, 6.07) is 7.32. The second-order valence-corrected chi connectivity index (χ2v) is 11.8. The molecule has 47 heavy (non-hydrogen) atoms. The lowest BCUT2D eigenvalue weighted by Crippen LogP contribution is -2.30. The van der Waals surface area contributed by atoms with Crippen LogP contribution < -0.4 is 16.0 Å². The number of hydrogen-bond donors (Lipinski definition) is 4. The summed E-state index contributed by atoms with van der Waals surface area (Å²) in [5, 5.41) is 24.3. The van der Waals surface area contributed by atoms with E-state index in [0.717, 1.165) is 106 Å². The average molecular weight is 652 g/mol. The third kappa shape index (κ3) is 11.6. The molecule has 11 heteroatoms. The number of likely N-dealkylation sites (N-methyl/N-ethyl adjacent to an activating group) is 1. The Kier molecular flexibility index (Phi) is 16.7. The minimum atomic E-state index is -0.182. The molecule has 0 spiro atoms. The smallest absolute Gasteiger partial charge is 0.251 e. The van der Waals surface area contributed by atoms with Gasteiger partial charge >= 0.3 is 0 Å². The Labute approximate surface area is 280 Å². The van der Waals surface area contributed by atoms with E-state index in [9.17, 15) is 9.59 Å². The number of ether oxygens (including phenoxy) is 1. The van der Waals surface area contributed by atoms with Crippen molar-refractivity contribution >= 4 is 34.2 Å². The molecule has 3 aromatic rings. The highest BCUT2D eigenvalue weighted by Gasteiger charge is 2.22. The van der Waals surface area contributed by atoms with Crippen LogP contribution in [-0.4, -0.2) is 82.6 Å². The lowest BCUT2D eigenvalue weighted by Gasteiger charge is -2.26. The second-order valence-electron chi connectivity index (χ2n) is 11.8. The number of aromatic nitrogens is 3. The Morgan fingerprint density at radius 2 is 1.72 bits per heavy atom. The zero-order chi connectivity index (χ0) is 34.0. The molecule has 1 aliphatic rings. The predicted molar refractivity (Wildman–Crippen MR) is 190 cm³/mol. The number of pyridine rings is 1. The molecule has 0 bridgehead atoms. The van der Waals surface area contributed by atoms with Gasteiger partial charge in [0.1, 0.15) is 0 Å². The van der Waals surface area contributed by atoms with E-state index in [-0.39, 0.29) is 24.5 Å². The molecule has 4 N–H and O–H groups in total. The fraction of sp³-hybridized carbons (Fsp3) is 0.611. The molecule has 11 nitrogen and oxygen atoms in total.